The maximum absolute atomic E-state index is 5.05. The number of rotatable bonds is 4. The third-order valence-electron chi connectivity index (χ3n) is 7.05. The number of thiazole rings is 2. The first-order chi connectivity index (χ1) is 19.3. The molecule has 0 N–H and O–H groups in total. The Bertz CT molecular complexity index is 2120. The molecule has 39 heavy (non-hydrogen) atoms. The lowest BCUT2D eigenvalue weighted by Gasteiger charge is -2.10. The highest BCUT2D eigenvalue weighted by Crippen LogP contribution is 2.38. The zero-order chi connectivity index (χ0) is 25.8. The van der Waals surface area contributed by atoms with E-state index in [4.69, 9.17) is 4.98 Å². The van der Waals surface area contributed by atoms with E-state index in [1.807, 2.05) is 29.9 Å². The molecule has 0 saturated carbocycles. The molecule has 4 nitrogen and oxygen atoms in total. The van der Waals surface area contributed by atoms with Gasteiger partial charge in [-0.25, -0.2) is 9.97 Å². The fourth-order valence-electron chi connectivity index (χ4n) is 5.27. The first-order valence-electron chi connectivity index (χ1n) is 12.7. The normalized spacial score (nSPS) is 11.6. The van der Waals surface area contributed by atoms with Crippen LogP contribution in [0, 0.1) is 0 Å². The van der Waals surface area contributed by atoms with Crippen molar-refractivity contribution in [1.29, 1.82) is 0 Å². The van der Waals surface area contributed by atoms with Crippen molar-refractivity contribution in [3.8, 4) is 38.1 Å². The van der Waals surface area contributed by atoms with Crippen LogP contribution >= 0.6 is 22.7 Å². The number of nitrogens with zero attached hydrogens (tertiary/aromatic N) is 4. The van der Waals surface area contributed by atoms with E-state index in [1.54, 1.807) is 22.7 Å². The number of para-hydroxylation sites is 1. The van der Waals surface area contributed by atoms with Gasteiger partial charge in [-0.05, 0) is 48.5 Å². The van der Waals surface area contributed by atoms with Gasteiger partial charge in [0.1, 0.15) is 10.0 Å². The molecule has 0 unspecified atom stereocenters. The summed E-state index contributed by atoms with van der Waals surface area (Å²) in [4.78, 5) is 14.1. The lowest BCUT2D eigenvalue weighted by atomic mass is 10.1. The Hall–Kier alpha value is -4.65. The van der Waals surface area contributed by atoms with E-state index in [0.717, 1.165) is 49.1 Å². The predicted molar refractivity (Wildman–Crippen MR) is 164 cm³/mol. The van der Waals surface area contributed by atoms with Crippen LogP contribution in [0.1, 0.15) is 0 Å². The van der Waals surface area contributed by atoms with E-state index in [1.165, 1.54) is 21.0 Å². The van der Waals surface area contributed by atoms with Gasteiger partial charge in [0.2, 0.25) is 0 Å². The molecule has 0 bridgehead atoms. The van der Waals surface area contributed by atoms with Gasteiger partial charge in [0.05, 0.1) is 26.9 Å². The Morgan fingerprint density at radius 3 is 2.36 bits per heavy atom. The minimum atomic E-state index is 0.965. The van der Waals surface area contributed by atoms with E-state index in [2.05, 4.69) is 106 Å². The van der Waals surface area contributed by atoms with E-state index in [-0.39, 0.29) is 0 Å². The standard InChI is InChI=1S/C33H20N4S2/c1-2-10-29-25(8-1)26-13-11-23(33-36-28-19-22(12-14-31(28)39-33)32-35-16-17-38-32)20-30(26)37(29)24-7-5-6-21(18-24)27-9-3-4-15-34-27/h1-20H. The van der Waals surface area contributed by atoms with Gasteiger partial charge >= 0.3 is 0 Å². The fourth-order valence-corrected chi connectivity index (χ4v) is 6.85. The largest absolute Gasteiger partial charge is 0.309 e. The van der Waals surface area contributed by atoms with Crippen molar-refractivity contribution in [1.82, 2.24) is 19.5 Å². The van der Waals surface area contributed by atoms with Gasteiger partial charge in [-0.1, -0.05) is 54.6 Å². The quantitative estimate of drug-likeness (QED) is 0.225. The third kappa shape index (κ3) is 3.76. The van der Waals surface area contributed by atoms with Gasteiger partial charge in [0, 0.05) is 50.9 Å². The molecule has 8 rings (SSSR count). The van der Waals surface area contributed by atoms with Gasteiger partial charge in [0.25, 0.3) is 0 Å². The zero-order valence-corrected chi connectivity index (χ0v) is 22.3. The average molecular weight is 537 g/mol. The molecule has 8 aromatic rings. The molecule has 184 valence electrons. The summed E-state index contributed by atoms with van der Waals surface area (Å²) in [7, 11) is 0. The van der Waals surface area contributed by atoms with Crippen LogP contribution in [-0.2, 0) is 0 Å². The first kappa shape index (κ1) is 22.3. The SMILES string of the molecule is c1ccc(-c2cccc(-n3c4ccccc4c4ccc(-c5nc6cc(-c7nccs7)ccc6s5)cc43)c2)nc1. The summed E-state index contributed by atoms with van der Waals surface area (Å²) in [5, 5.41) is 6.50. The second-order valence-electron chi connectivity index (χ2n) is 9.39. The van der Waals surface area contributed by atoms with Crippen molar-refractivity contribution in [2.24, 2.45) is 0 Å². The second kappa shape index (κ2) is 8.98. The number of aromatic nitrogens is 4. The summed E-state index contributed by atoms with van der Waals surface area (Å²) in [6.45, 7) is 0. The highest BCUT2D eigenvalue weighted by atomic mass is 32.1. The van der Waals surface area contributed by atoms with Crippen molar-refractivity contribution in [2.45, 2.75) is 0 Å². The number of pyridine rings is 1. The molecule has 0 amide bonds. The van der Waals surface area contributed by atoms with Crippen LogP contribution in [0.15, 0.2) is 121 Å². The molecule has 4 aromatic heterocycles. The van der Waals surface area contributed by atoms with Crippen LogP contribution in [0.4, 0.5) is 0 Å². The summed E-state index contributed by atoms with van der Waals surface area (Å²) >= 11 is 3.38. The maximum Gasteiger partial charge on any atom is 0.124 e. The Balaban J connectivity index is 1.31. The Labute approximate surface area is 232 Å². The number of hydrogen-bond donors (Lipinski definition) is 0. The van der Waals surface area contributed by atoms with Gasteiger partial charge < -0.3 is 4.57 Å². The van der Waals surface area contributed by atoms with Crippen LogP contribution < -0.4 is 0 Å². The Kier molecular flexibility index (Phi) is 5.14. The molecule has 0 aliphatic carbocycles. The van der Waals surface area contributed by atoms with E-state index < -0.39 is 0 Å². The molecular weight excluding hydrogens is 517 g/mol. The topological polar surface area (TPSA) is 43.6 Å². The van der Waals surface area contributed by atoms with E-state index in [9.17, 15) is 0 Å². The summed E-state index contributed by atoms with van der Waals surface area (Å²) in [6.07, 6.45) is 3.68. The molecule has 0 aliphatic heterocycles. The second-order valence-corrected chi connectivity index (χ2v) is 11.3. The molecule has 4 heterocycles. The van der Waals surface area contributed by atoms with Crippen molar-refractivity contribution in [2.75, 3.05) is 0 Å². The number of benzene rings is 4. The smallest absolute Gasteiger partial charge is 0.124 e. The van der Waals surface area contributed by atoms with Crippen LogP contribution in [-0.4, -0.2) is 19.5 Å². The molecule has 4 aromatic carbocycles. The van der Waals surface area contributed by atoms with Crippen LogP contribution in [0.3, 0.4) is 0 Å². The molecule has 6 heteroatoms. The van der Waals surface area contributed by atoms with Crippen molar-refractivity contribution >= 4 is 54.7 Å². The monoisotopic (exact) mass is 536 g/mol. The molecular formula is C33H20N4S2. The molecule has 0 aliphatic rings. The molecule has 0 spiro atoms. The summed E-state index contributed by atoms with van der Waals surface area (Å²) in [5.41, 5.74) is 8.74. The average Bonchev–Trinajstić information content (AvgIpc) is 3.75. The predicted octanol–water partition coefficient (Wildman–Crippen LogP) is 9.25. The van der Waals surface area contributed by atoms with Gasteiger partial charge in [-0.3, -0.25) is 4.98 Å². The molecule has 0 saturated heterocycles. The van der Waals surface area contributed by atoms with Crippen molar-refractivity contribution in [3.05, 3.63) is 121 Å². The number of hydrogen-bond acceptors (Lipinski definition) is 5. The zero-order valence-electron chi connectivity index (χ0n) is 20.7. The first-order valence-corrected chi connectivity index (χ1v) is 14.4. The highest BCUT2D eigenvalue weighted by molar-refractivity contribution is 7.21. The maximum atomic E-state index is 5.05. The van der Waals surface area contributed by atoms with Crippen LogP contribution in [0.25, 0.3) is 70.1 Å². The van der Waals surface area contributed by atoms with Crippen molar-refractivity contribution < 1.29 is 0 Å². The van der Waals surface area contributed by atoms with E-state index >= 15 is 0 Å². The fraction of sp³-hybridized carbons (Fsp3) is 0. The summed E-state index contributed by atoms with van der Waals surface area (Å²) in [6, 6.07) is 36.4. The summed E-state index contributed by atoms with van der Waals surface area (Å²) in [5.74, 6) is 0. The number of fused-ring (bicyclic) bond motifs is 4. The van der Waals surface area contributed by atoms with Crippen LogP contribution in [0.2, 0.25) is 0 Å². The Morgan fingerprint density at radius 1 is 0.590 bits per heavy atom. The lowest BCUT2D eigenvalue weighted by molar-refractivity contribution is 1.18. The molecule has 0 fully saturated rings. The van der Waals surface area contributed by atoms with Gasteiger partial charge in [-0.2, -0.15) is 0 Å². The minimum absolute atomic E-state index is 0.965. The lowest BCUT2D eigenvalue weighted by Crippen LogP contribution is -1.95. The third-order valence-corrected chi connectivity index (χ3v) is 8.96. The minimum Gasteiger partial charge on any atom is -0.309 e. The van der Waals surface area contributed by atoms with Gasteiger partial charge in [0.15, 0.2) is 0 Å². The Morgan fingerprint density at radius 2 is 1.46 bits per heavy atom. The van der Waals surface area contributed by atoms with E-state index in [0.29, 0.717) is 0 Å². The molecule has 0 radical (unpaired) electrons. The summed E-state index contributed by atoms with van der Waals surface area (Å²) < 4.78 is 3.53. The molecule has 0 atom stereocenters. The highest BCUT2D eigenvalue weighted by Gasteiger charge is 2.15. The van der Waals surface area contributed by atoms with Gasteiger partial charge in [-0.15, -0.1) is 22.7 Å². The van der Waals surface area contributed by atoms with Crippen molar-refractivity contribution in [3.63, 3.8) is 0 Å². The van der Waals surface area contributed by atoms with Crippen LogP contribution in [0.5, 0.6) is 0 Å².